The quantitative estimate of drug-likeness (QED) is 0.381. The van der Waals surface area contributed by atoms with E-state index in [1.165, 1.54) is 0 Å². The summed E-state index contributed by atoms with van der Waals surface area (Å²) in [4.78, 5) is 8.72. The first-order valence-electron chi connectivity index (χ1n) is 0.410. The minimum atomic E-state index is 0. The molecular formula is CHAgFeO. The Morgan fingerprint density at radius 3 is 1.75 bits per heavy atom. The van der Waals surface area contributed by atoms with Crippen molar-refractivity contribution in [3.8, 4) is 0 Å². The predicted molar refractivity (Wildman–Crippen MR) is 6.75 cm³/mol. The fraction of sp³-hybridized carbons (Fsp3) is 0. The summed E-state index contributed by atoms with van der Waals surface area (Å²) in [5, 5.41) is 0. The maximum Gasteiger partial charge on any atom is 0 e. The zero-order chi connectivity index (χ0) is 2.71. The molecule has 0 saturated carbocycles. The van der Waals surface area contributed by atoms with Crippen LogP contribution in [0.3, 0.4) is 0 Å². The van der Waals surface area contributed by atoms with Crippen LogP contribution in [0, 0.1) is 0 Å². The van der Waals surface area contributed by atoms with Crippen molar-refractivity contribution in [2.75, 3.05) is 0 Å². The molecule has 0 N–H and O–H groups in total. The molecule has 3 heteroatoms. The molecule has 0 unspecified atom stereocenters. The molecule has 0 amide bonds. The summed E-state index contributed by atoms with van der Waals surface area (Å²) < 4.78 is 0.560. The molecule has 0 spiro atoms. The average Bonchev–Trinajstić information content (AvgIpc) is 0.918. The molecule has 1 nitrogen and oxygen atoms in total. The normalized spacial score (nSPS) is 3.50. The monoisotopic (exact) mass is 192 g/mol. The summed E-state index contributed by atoms with van der Waals surface area (Å²) in [7, 11) is 0. The molecule has 4 heavy (non-hydrogen) atoms. The number of carbonyl (C=O) groups excluding carboxylic acids is 1. The molecule has 0 rings (SSSR count). The van der Waals surface area contributed by atoms with E-state index in [0.717, 1.165) is 0 Å². The van der Waals surface area contributed by atoms with Gasteiger partial charge < -0.3 is 0 Å². The van der Waals surface area contributed by atoms with Gasteiger partial charge in [0.2, 0.25) is 0 Å². The van der Waals surface area contributed by atoms with Crippen LogP contribution in [0.4, 0.5) is 0 Å². The van der Waals surface area contributed by atoms with Crippen LogP contribution in [0.2, 0.25) is 0 Å². The van der Waals surface area contributed by atoms with Gasteiger partial charge in [-0.15, -0.1) is 0 Å². The Balaban J connectivity index is 0. The molecule has 0 aliphatic carbocycles. The van der Waals surface area contributed by atoms with Gasteiger partial charge in [-0.05, 0) is 0 Å². The van der Waals surface area contributed by atoms with Gasteiger partial charge in [0.1, 0.15) is 0 Å². The second-order valence-corrected chi connectivity index (χ2v) is 0.420. The molecule has 0 saturated heterocycles. The third-order valence-corrected chi connectivity index (χ3v) is 0. The minimum absolute atomic E-state index is 0. The molecule has 0 radical (unpaired) electrons. The van der Waals surface area contributed by atoms with Crippen molar-refractivity contribution < 1.29 is 42.9 Å². The van der Waals surface area contributed by atoms with Gasteiger partial charge in [0.05, 0.1) is 0 Å². The Bertz CT molecular complexity index is 15.5. The SMILES string of the molecule is O=[CH][Ag].[Fe]. The van der Waals surface area contributed by atoms with Crippen LogP contribution in [-0.4, -0.2) is 4.50 Å². The van der Waals surface area contributed by atoms with Crippen molar-refractivity contribution in [1.29, 1.82) is 0 Å². The topological polar surface area (TPSA) is 17.1 Å². The van der Waals surface area contributed by atoms with Crippen LogP contribution in [0.1, 0.15) is 0 Å². The molecule has 0 aromatic rings. The molecule has 0 heterocycles. The molecule has 0 bridgehead atoms. The fourth-order valence-electron chi connectivity index (χ4n) is 0. The smallest absolute Gasteiger partial charge is 0 e. The first-order chi connectivity index (χ1) is 1.41. The summed E-state index contributed by atoms with van der Waals surface area (Å²) in [5.74, 6) is 0. The van der Waals surface area contributed by atoms with Gasteiger partial charge in [0.25, 0.3) is 0 Å². The summed E-state index contributed by atoms with van der Waals surface area (Å²) in [6.07, 6.45) is 0. The van der Waals surface area contributed by atoms with Crippen molar-refractivity contribution in [2.24, 2.45) is 0 Å². The zero-order valence-electron chi connectivity index (χ0n) is 1.64. The number of hydrogen-bond acceptors (Lipinski definition) is 1. The number of hydrogen-bond donors (Lipinski definition) is 0. The van der Waals surface area contributed by atoms with Crippen LogP contribution in [-0.2, 0) is 42.9 Å². The van der Waals surface area contributed by atoms with Crippen LogP contribution in [0.25, 0.3) is 0 Å². The summed E-state index contributed by atoms with van der Waals surface area (Å²) in [6.45, 7) is 0. The molecule has 0 aromatic heterocycles. The molecular weight excluding hydrogens is 192 g/mol. The largest absolute Gasteiger partial charge is 0 e. The first kappa shape index (κ1) is 8.87. The summed E-state index contributed by atoms with van der Waals surface area (Å²) >= 11 is 2.48. The molecule has 0 aliphatic heterocycles. The van der Waals surface area contributed by atoms with E-state index in [4.69, 9.17) is 4.79 Å². The van der Waals surface area contributed by atoms with E-state index >= 15 is 0 Å². The fourth-order valence-corrected chi connectivity index (χ4v) is 0. The Morgan fingerprint density at radius 1 is 1.75 bits per heavy atom. The van der Waals surface area contributed by atoms with E-state index in [1.54, 1.807) is 0 Å². The first-order valence-corrected chi connectivity index (χ1v) is 1.27. The minimum Gasteiger partial charge on any atom is 0 e. The Labute approximate surface area is 47.5 Å². The van der Waals surface area contributed by atoms with Crippen LogP contribution >= 0.6 is 0 Å². The summed E-state index contributed by atoms with van der Waals surface area (Å²) in [5.41, 5.74) is 0. The van der Waals surface area contributed by atoms with Gasteiger partial charge in [0.15, 0.2) is 0 Å². The van der Waals surface area contributed by atoms with Crippen molar-refractivity contribution in [3.05, 3.63) is 0 Å². The maximum absolute atomic E-state index is 8.72. The van der Waals surface area contributed by atoms with E-state index in [9.17, 15) is 0 Å². The van der Waals surface area contributed by atoms with Crippen molar-refractivity contribution >= 4 is 4.50 Å². The Kier molecular flexibility index (Phi) is 20.1. The van der Waals surface area contributed by atoms with Crippen molar-refractivity contribution in [2.45, 2.75) is 0 Å². The molecule has 0 aliphatic rings. The summed E-state index contributed by atoms with van der Waals surface area (Å²) in [6, 6.07) is 0. The van der Waals surface area contributed by atoms with E-state index in [0.29, 0.717) is 4.50 Å². The third kappa shape index (κ3) is 12.6. The van der Waals surface area contributed by atoms with Gasteiger partial charge in [0, 0.05) is 17.1 Å². The third-order valence-electron chi connectivity index (χ3n) is 0. The van der Waals surface area contributed by atoms with E-state index < -0.39 is 0 Å². The van der Waals surface area contributed by atoms with Crippen molar-refractivity contribution in [1.82, 2.24) is 0 Å². The molecule has 0 aromatic carbocycles. The maximum atomic E-state index is 8.72. The second kappa shape index (κ2) is 9.06. The Hall–Kier alpha value is 0.930. The van der Waals surface area contributed by atoms with E-state index in [-0.39, 0.29) is 17.1 Å². The standard InChI is InChI=1S/CHO.Ag.Fe/c1-2;;/h1H;;. The van der Waals surface area contributed by atoms with E-state index in [2.05, 4.69) is 21.1 Å². The van der Waals surface area contributed by atoms with Gasteiger partial charge >= 0.3 is 30.4 Å². The molecule has 0 atom stereocenters. The van der Waals surface area contributed by atoms with Crippen LogP contribution in [0.5, 0.6) is 0 Å². The van der Waals surface area contributed by atoms with Crippen molar-refractivity contribution in [3.63, 3.8) is 0 Å². The Morgan fingerprint density at radius 2 is 1.75 bits per heavy atom. The van der Waals surface area contributed by atoms with Gasteiger partial charge in [-0.3, -0.25) is 0 Å². The molecule has 30 valence electrons. The predicted octanol–water partition coefficient (Wildman–Crippen LogP) is -0.279. The zero-order valence-corrected chi connectivity index (χ0v) is 4.23. The molecule has 0 fully saturated rings. The van der Waals surface area contributed by atoms with Gasteiger partial charge in [-0.1, -0.05) is 0 Å². The van der Waals surface area contributed by atoms with E-state index in [1.807, 2.05) is 0 Å². The second-order valence-electron chi connectivity index (χ2n) is 0.0711. The van der Waals surface area contributed by atoms with Crippen LogP contribution in [0.15, 0.2) is 0 Å². The number of carbonyl (C=O) groups is 1. The number of rotatable bonds is 0. The van der Waals surface area contributed by atoms with Gasteiger partial charge in [-0.25, -0.2) is 0 Å². The van der Waals surface area contributed by atoms with Crippen LogP contribution < -0.4 is 0 Å². The average molecular weight is 193 g/mol. The van der Waals surface area contributed by atoms with Gasteiger partial charge in [-0.2, -0.15) is 0 Å².